The first-order chi connectivity index (χ1) is 9.28. The maximum Gasteiger partial charge on any atom is 0.303 e. The van der Waals surface area contributed by atoms with Gasteiger partial charge in [0, 0.05) is 13.0 Å². The summed E-state index contributed by atoms with van der Waals surface area (Å²) in [7, 11) is -3.14. The maximum atomic E-state index is 11.6. The van der Waals surface area contributed by atoms with E-state index in [9.17, 15) is 18.3 Å². The SMILES string of the molecule is CC(CC(=O)O)C1CCCN(C2CS(=O)(=O)CC2O)C1. The van der Waals surface area contributed by atoms with Crippen LogP contribution < -0.4 is 0 Å². The van der Waals surface area contributed by atoms with Crippen molar-refractivity contribution in [3.8, 4) is 0 Å². The number of hydrogen-bond acceptors (Lipinski definition) is 5. The van der Waals surface area contributed by atoms with Crippen molar-refractivity contribution in [2.75, 3.05) is 24.6 Å². The van der Waals surface area contributed by atoms with E-state index < -0.39 is 21.9 Å². The Bertz CT molecular complexity index is 463. The van der Waals surface area contributed by atoms with Crippen LogP contribution in [-0.4, -0.2) is 66.2 Å². The molecule has 2 heterocycles. The summed E-state index contributed by atoms with van der Waals surface area (Å²) in [5.74, 6) is -0.587. The molecule has 7 heteroatoms. The second-order valence-corrected chi connectivity index (χ2v) is 8.34. The standard InChI is InChI=1S/C13H23NO5S/c1-9(5-13(16)17)10-3-2-4-14(6-10)11-7-20(18,19)8-12(11)15/h9-12,15H,2-8H2,1H3,(H,16,17). The monoisotopic (exact) mass is 305 g/mol. The predicted octanol–water partition coefficient (Wildman–Crippen LogP) is -0.0329. The number of hydrogen-bond donors (Lipinski definition) is 2. The van der Waals surface area contributed by atoms with Crippen molar-refractivity contribution < 1.29 is 23.4 Å². The highest BCUT2D eigenvalue weighted by atomic mass is 32.2. The van der Waals surface area contributed by atoms with Gasteiger partial charge in [-0.1, -0.05) is 6.92 Å². The molecule has 2 saturated heterocycles. The smallest absolute Gasteiger partial charge is 0.303 e. The second-order valence-electron chi connectivity index (χ2n) is 6.18. The number of sulfone groups is 1. The minimum absolute atomic E-state index is 0.0220. The lowest BCUT2D eigenvalue weighted by molar-refractivity contribution is -0.138. The van der Waals surface area contributed by atoms with E-state index in [0.717, 1.165) is 19.4 Å². The molecule has 2 aliphatic rings. The first kappa shape index (κ1) is 15.7. The van der Waals surface area contributed by atoms with E-state index in [0.29, 0.717) is 6.54 Å². The number of aliphatic hydroxyl groups is 1. The fourth-order valence-electron chi connectivity index (χ4n) is 3.41. The Morgan fingerprint density at radius 2 is 2.10 bits per heavy atom. The van der Waals surface area contributed by atoms with Gasteiger partial charge in [-0.3, -0.25) is 9.69 Å². The number of carboxylic acid groups (broad SMARTS) is 1. The number of piperidine rings is 1. The number of likely N-dealkylation sites (tertiary alicyclic amines) is 1. The van der Waals surface area contributed by atoms with Crippen LogP contribution in [-0.2, 0) is 14.6 Å². The van der Waals surface area contributed by atoms with Gasteiger partial charge >= 0.3 is 5.97 Å². The third-order valence-corrected chi connectivity index (χ3v) is 6.25. The Hall–Kier alpha value is -0.660. The van der Waals surface area contributed by atoms with Crippen molar-refractivity contribution in [3.63, 3.8) is 0 Å². The Balaban J connectivity index is 1.98. The van der Waals surface area contributed by atoms with Crippen LogP contribution >= 0.6 is 0 Å². The van der Waals surface area contributed by atoms with Crippen molar-refractivity contribution in [3.05, 3.63) is 0 Å². The zero-order valence-corrected chi connectivity index (χ0v) is 12.6. The highest BCUT2D eigenvalue weighted by Gasteiger charge is 2.41. The molecule has 2 rings (SSSR count). The van der Waals surface area contributed by atoms with Crippen LogP contribution in [0.1, 0.15) is 26.2 Å². The molecular weight excluding hydrogens is 282 g/mol. The van der Waals surface area contributed by atoms with E-state index in [4.69, 9.17) is 5.11 Å². The first-order valence-corrected chi connectivity index (χ1v) is 8.95. The van der Waals surface area contributed by atoms with E-state index in [2.05, 4.69) is 0 Å². The molecule has 2 fully saturated rings. The van der Waals surface area contributed by atoms with E-state index in [1.165, 1.54) is 0 Å². The van der Waals surface area contributed by atoms with Gasteiger partial charge in [-0.2, -0.15) is 0 Å². The Kier molecular flexibility index (Phi) is 4.71. The van der Waals surface area contributed by atoms with Gasteiger partial charge in [0.1, 0.15) is 0 Å². The van der Waals surface area contributed by atoms with Gasteiger partial charge in [0.2, 0.25) is 0 Å². The third-order valence-electron chi connectivity index (χ3n) is 4.55. The number of carboxylic acids is 1. The summed E-state index contributed by atoms with van der Waals surface area (Å²) in [6.07, 6.45) is 1.23. The minimum Gasteiger partial charge on any atom is -0.481 e. The van der Waals surface area contributed by atoms with Crippen LogP contribution in [0.25, 0.3) is 0 Å². The predicted molar refractivity (Wildman–Crippen MR) is 74.2 cm³/mol. The lowest BCUT2D eigenvalue weighted by atomic mass is 9.84. The van der Waals surface area contributed by atoms with Crippen molar-refractivity contribution >= 4 is 15.8 Å². The molecular formula is C13H23NO5S. The normalized spacial score (nSPS) is 35.8. The van der Waals surface area contributed by atoms with Crippen LogP contribution in [0.3, 0.4) is 0 Å². The van der Waals surface area contributed by atoms with Crippen molar-refractivity contribution in [2.24, 2.45) is 11.8 Å². The van der Waals surface area contributed by atoms with Crippen molar-refractivity contribution in [1.82, 2.24) is 4.90 Å². The minimum atomic E-state index is -3.14. The van der Waals surface area contributed by atoms with Crippen LogP contribution in [0.5, 0.6) is 0 Å². The summed E-state index contributed by atoms with van der Waals surface area (Å²) in [6.45, 7) is 3.41. The summed E-state index contributed by atoms with van der Waals surface area (Å²) < 4.78 is 23.2. The summed E-state index contributed by atoms with van der Waals surface area (Å²) in [5, 5.41) is 18.8. The topological polar surface area (TPSA) is 94.9 Å². The highest BCUT2D eigenvalue weighted by Crippen LogP contribution is 2.29. The number of carbonyl (C=O) groups is 1. The Labute approximate surface area is 119 Å². The molecule has 116 valence electrons. The van der Waals surface area contributed by atoms with Gasteiger partial charge in [-0.05, 0) is 31.2 Å². The molecule has 2 N–H and O–H groups in total. The summed E-state index contributed by atoms with van der Waals surface area (Å²) >= 11 is 0. The fraction of sp³-hybridized carbons (Fsp3) is 0.923. The van der Waals surface area contributed by atoms with E-state index in [1.807, 2.05) is 11.8 Å². The van der Waals surface area contributed by atoms with Crippen LogP contribution in [0.15, 0.2) is 0 Å². The average Bonchev–Trinajstić information content (AvgIpc) is 2.62. The van der Waals surface area contributed by atoms with Crippen LogP contribution in [0.2, 0.25) is 0 Å². The van der Waals surface area contributed by atoms with Crippen molar-refractivity contribution in [1.29, 1.82) is 0 Å². The van der Waals surface area contributed by atoms with Crippen LogP contribution in [0, 0.1) is 11.8 Å². The molecule has 0 aromatic carbocycles. The lowest BCUT2D eigenvalue weighted by Gasteiger charge is -2.39. The molecule has 0 spiro atoms. The van der Waals surface area contributed by atoms with Gasteiger partial charge in [0.25, 0.3) is 0 Å². The number of rotatable bonds is 4. The zero-order chi connectivity index (χ0) is 14.9. The quantitative estimate of drug-likeness (QED) is 0.757. The molecule has 2 aliphatic heterocycles. The fourth-order valence-corrected chi connectivity index (χ4v) is 5.24. The molecule has 4 unspecified atom stereocenters. The van der Waals surface area contributed by atoms with Gasteiger partial charge in [0.15, 0.2) is 9.84 Å². The molecule has 0 aliphatic carbocycles. The molecule has 20 heavy (non-hydrogen) atoms. The molecule has 4 atom stereocenters. The van der Waals surface area contributed by atoms with Crippen LogP contribution in [0.4, 0.5) is 0 Å². The van der Waals surface area contributed by atoms with E-state index >= 15 is 0 Å². The summed E-state index contributed by atoms with van der Waals surface area (Å²) in [4.78, 5) is 12.8. The van der Waals surface area contributed by atoms with E-state index in [-0.39, 0.29) is 35.8 Å². The van der Waals surface area contributed by atoms with Gasteiger partial charge in [-0.25, -0.2) is 8.42 Å². The Morgan fingerprint density at radius 1 is 1.40 bits per heavy atom. The number of nitrogens with zero attached hydrogens (tertiary/aromatic N) is 1. The Morgan fingerprint density at radius 3 is 2.65 bits per heavy atom. The highest BCUT2D eigenvalue weighted by molar-refractivity contribution is 7.91. The molecule has 0 saturated carbocycles. The second kappa shape index (κ2) is 5.99. The average molecular weight is 305 g/mol. The molecule has 0 aromatic heterocycles. The van der Waals surface area contributed by atoms with E-state index in [1.54, 1.807) is 0 Å². The van der Waals surface area contributed by atoms with Gasteiger partial charge in [0.05, 0.1) is 23.7 Å². The molecule has 0 aromatic rings. The third kappa shape index (κ3) is 3.71. The van der Waals surface area contributed by atoms with Crippen molar-refractivity contribution in [2.45, 2.75) is 38.3 Å². The summed E-state index contributed by atoms with van der Waals surface area (Å²) in [6, 6.07) is -0.320. The summed E-state index contributed by atoms with van der Waals surface area (Å²) in [5.41, 5.74) is 0. The molecule has 0 bridgehead atoms. The molecule has 0 amide bonds. The number of aliphatic hydroxyl groups excluding tert-OH is 1. The van der Waals surface area contributed by atoms with Gasteiger partial charge in [-0.15, -0.1) is 0 Å². The largest absolute Gasteiger partial charge is 0.481 e. The molecule has 0 radical (unpaired) electrons. The lowest BCUT2D eigenvalue weighted by Crippen LogP contribution is -2.49. The zero-order valence-electron chi connectivity index (χ0n) is 11.7. The molecule has 6 nitrogen and oxygen atoms in total. The maximum absolute atomic E-state index is 11.6. The first-order valence-electron chi connectivity index (χ1n) is 7.13. The number of aliphatic carboxylic acids is 1. The van der Waals surface area contributed by atoms with Gasteiger partial charge < -0.3 is 10.2 Å².